The van der Waals surface area contributed by atoms with Crippen LogP contribution in [0.15, 0.2) is 17.0 Å². The summed E-state index contributed by atoms with van der Waals surface area (Å²) < 4.78 is 6.69. The summed E-state index contributed by atoms with van der Waals surface area (Å²) in [5.41, 5.74) is 1.45. The van der Waals surface area contributed by atoms with Gasteiger partial charge in [0, 0.05) is 12.6 Å². The topological polar surface area (TPSA) is 94.0 Å². The van der Waals surface area contributed by atoms with Gasteiger partial charge in [0.15, 0.2) is 6.39 Å². The van der Waals surface area contributed by atoms with E-state index >= 15 is 0 Å². The van der Waals surface area contributed by atoms with E-state index in [-0.39, 0.29) is 6.42 Å². The molecule has 0 radical (unpaired) electrons. The molecule has 7 heteroatoms. The molecule has 0 atom stereocenters. The highest BCUT2D eigenvalue weighted by molar-refractivity contribution is 5.66. The number of hydrogen-bond donors (Lipinski definition) is 1. The first kappa shape index (κ1) is 11.3. The van der Waals surface area contributed by atoms with E-state index in [1.807, 2.05) is 6.92 Å². The van der Waals surface area contributed by atoms with Crippen molar-refractivity contribution >= 4 is 5.97 Å². The highest BCUT2D eigenvalue weighted by atomic mass is 16.4. The summed E-state index contributed by atoms with van der Waals surface area (Å²) in [6.07, 6.45) is 3.54. The molecule has 17 heavy (non-hydrogen) atoms. The Bertz CT molecular complexity index is 517. The number of aryl methyl sites for hydroxylation is 2. The van der Waals surface area contributed by atoms with Crippen molar-refractivity contribution < 1.29 is 14.3 Å². The maximum Gasteiger partial charge on any atom is 0.303 e. The quantitative estimate of drug-likeness (QED) is 0.818. The molecule has 1 N–H and O–H groups in total. The Labute approximate surface area is 97.1 Å². The second-order valence-corrected chi connectivity index (χ2v) is 3.66. The van der Waals surface area contributed by atoms with E-state index < -0.39 is 5.97 Å². The van der Waals surface area contributed by atoms with E-state index in [4.69, 9.17) is 9.52 Å². The van der Waals surface area contributed by atoms with Crippen LogP contribution in [0.3, 0.4) is 0 Å². The van der Waals surface area contributed by atoms with E-state index in [2.05, 4.69) is 15.3 Å². The molecule has 7 nitrogen and oxygen atoms in total. The summed E-state index contributed by atoms with van der Waals surface area (Å²) in [5.74, 6) is -0.0977. The van der Waals surface area contributed by atoms with Crippen LogP contribution in [-0.2, 0) is 17.8 Å². The third-order valence-corrected chi connectivity index (χ3v) is 2.34. The van der Waals surface area contributed by atoms with Crippen LogP contribution < -0.4 is 0 Å². The summed E-state index contributed by atoms with van der Waals surface area (Å²) in [6, 6.07) is 0. The summed E-state index contributed by atoms with van der Waals surface area (Å²) in [4.78, 5) is 14.4. The van der Waals surface area contributed by atoms with Crippen LogP contribution in [0, 0.1) is 6.92 Å². The van der Waals surface area contributed by atoms with Crippen LogP contribution in [0.5, 0.6) is 0 Å². The highest BCUT2D eigenvalue weighted by Crippen LogP contribution is 2.07. The maximum absolute atomic E-state index is 10.4. The minimum atomic E-state index is -0.841. The Morgan fingerprint density at radius 3 is 3.06 bits per heavy atom. The first-order valence-corrected chi connectivity index (χ1v) is 5.15. The van der Waals surface area contributed by atoms with Gasteiger partial charge in [0.1, 0.15) is 11.5 Å². The van der Waals surface area contributed by atoms with Gasteiger partial charge in [-0.3, -0.25) is 4.79 Å². The smallest absolute Gasteiger partial charge is 0.303 e. The molecule has 0 fully saturated rings. The second-order valence-electron chi connectivity index (χ2n) is 3.66. The Morgan fingerprint density at radius 2 is 2.41 bits per heavy atom. The normalized spacial score (nSPS) is 10.6. The van der Waals surface area contributed by atoms with Gasteiger partial charge < -0.3 is 9.52 Å². The number of carbonyl (C=O) groups is 1. The monoisotopic (exact) mass is 236 g/mol. The van der Waals surface area contributed by atoms with Crippen molar-refractivity contribution in [2.24, 2.45) is 0 Å². The summed E-state index contributed by atoms with van der Waals surface area (Å²) >= 11 is 0. The Balaban J connectivity index is 1.99. The fraction of sp³-hybridized carbons (Fsp3) is 0.400. The van der Waals surface area contributed by atoms with Gasteiger partial charge in [-0.15, -0.1) is 5.10 Å². The summed E-state index contributed by atoms with van der Waals surface area (Å²) in [7, 11) is 0. The number of rotatable bonds is 5. The van der Waals surface area contributed by atoms with Gasteiger partial charge in [-0.25, -0.2) is 9.67 Å². The van der Waals surface area contributed by atoms with Gasteiger partial charge in [-0.2, -0.15) is 0 Å². The lowest BCUT2D eigenvalue weighted by Crippen LogP contribution is -2.02. The molecular formula is C10H12N4O3. The van der Waals surface area contributed by atoms with Crippen molar-refractivity contribution in [2.75, 3.05) is 0 Å². The van der Waals surface area contributed by atoms with Crippen LogP contribution in [0.2, 0.25) is 0 Å². The SMILES string of the molecule is Cc1ocnc1Cn1cc(CCC(=O)O)nn1. The largest absolute Gasteiger partial charge is 0.481 e. The lowest BCUT2D eigenvalue weighted by atomic mass is 10.2. The molecule has 0 amide bonds. The molecule has 2 heterocycles. The van der Waals surface area contributed by atoms with Crippen LogP contribution in [0.4, 0.5) is 0 Å². The zero-order valence-corrected chi connectivity index (χ0v) is 9.33. The third-order valence-electron chi connectivity index (χ3n) is 2.34. The van der Waals surface area contributed by atoms with Gasteiger partial charge in [0.2, 0.25) is 0 Å². The van der Waals surface area contributed by atoms with E-state index in [0.29, 0.717) is 18.7 Å². The number of nitrogens with zero attached hydrogens (tertiary/aromatic N) is 4. The number of carboxylic acids is 1. The zero-order valence-electron chi connectivity index (χ0n) is 9.33. The first-order chi connectivity index (χ1) is 8.15. The van der Waals surface area contributed by atoms with Gasteiger partial charge in [-0.1, -0.05) is 5.21 Å². The number of hydrogen-bond acceptors (Lipinski definition) is 5. The molecule has 0 spiro atoms. The Kier molecular flexibility index (Phi) is 3.17. The minimum Gasteiger partial charge on any atom is -0.481 e. The van der Waals surface area contributed by atoms with Gasteiger partial charge in [0.05, 0.1) is 18.7 Å². The molecule has 0 unspecified atom stereocenters. The van der Waals surface area contributed by atoms with E-state index in [1.165, 1.54) is 6.39 Å². The van der Waals surface area contributed by atoms with Gasteiger partial charge in [-0.05, 0) is 6.92 Å². The van der Waals surface area contributed by atoms with Crippen molar-refractivity contribution in [3.8, 4) is 0 Å². The molecule has 2 aromatic heterocycles. The first-order valence-electron chi connectivity index (χ1n) is 5.15. The fourth-order valence-corrected chi connectivity index (χ4v) is 1.40. The number of carboxylic acid groups (broad SMARTS) is 1. The Hall–Kier alpha value is -2.18. The molecule has 0 aliphatic carbocycles. The minimum absolute atomic E-state index is 0.0572. The predicted octanol–water partition coefficient (Wildman–Crippen LogP) is 0.640. The molecule has 90 valence electrons. The maximum atomic E-state index is 10.4. The fourth-order valence-electron chi connectivity index (χ4n) is 1.40. The molecule has 0 aliphatic rings. The number of aromatic nitrogens is 4. The molecule has 0 bridgehead atoms. The van der Waals surface area contributed by atoms with Crippen LogP contribution >= 0.6 is 0 Å². The molecule has 0 aromatic carbocycles. The Morgan fingerprint density at radius 1 is 1.59 bits per heavy atom. The van der Waals surface area contributed by atoms with Crippen molar-refractivity contribution in [1.29, 1.82) is 0 Å². The second kappa shape index (κ2) is 4.77. The lowest BCUT2D eigenvalue weighted by Gasteiger charge is -1.96. The van der Waals surface area contributed by atoms with E-state index in [0.717, 1.165) is 11.5 Å². The predicted molar refractivity (Wildman–Crippen MR) is 56.3 cm³/mol. The molecule has 0 saturated carbocycles. The van der Waals surface area contributed by atoms with Crippen molar-refractivity contribution in [1.82, 2.24) is 20.0 Å². The standard InChI is InChI=1S/C10H12N4O3/c1-7-9(11-6-17-7)5-14-4-8(12-13-14)2-3-10(15)16/h4,6H,2-3,5H2,1H3,(H,15,16). The van der Waals surface area contributed by atoms with Crippen LogP contribution in [0.25, 0.3) is 0 Å². The van der Waals surface area contributed by atoms with Crippen molar-refractivity contribution in [2.45, 2.75) is 26.3 Å². The number of aliphatic carboxylic acids is 1. The van der Waals surface area contributed by atoms with E-state index in [1.54, 1.807) is 10.9 Å². The van der Waals surface area contributed by atoms with Crippen molar-refractivity contribution in [3.05, 3.63) is 29.7 Å². The average Bonchev–Trinajstić information content (AvgIpc) is 2.87. The molecular weight excluding hydrogens is 224 g/mol. The van der Waals surface area contributed by atoms with E-state index in [9.17, 15) is 4.79 Å². The highest BCUT2D eigenvalue weighted by Gasteiger charge is 2.07. The molecule has 2 rings (SSSR count). The summed E-state index contributed by atoms with van der Waals surface area (Å²) in [6.45, 7) is 2.30. The molecule has 2 aromatic rings. The van der Waals surface area contributed by atoms with Gasteiger partial charge >= 0.3 is 5.97 Å². The molecule has 0 aliphatic heterocycles. The lowest BCUT2D eigenvalue weighted by molar-refractivity contribution is -0.136. The molecule has 0 saturated heterocycles. The van der Waals surface area contributed by atoms with Crippen LogP contribution in [0.1, 0.15) is 23.6 Å². The summed E-state index contributed by atoms with van der Waals surface area (Å²) in [5, 5.41) is 16.3. The average molecular weight is 236 g/mol. The third kappa shape index (κ3) is 2.90. The van der Waals surface area contributed by atoms with Gasteiger partial charge in [0.25, 0.3) is 0 Å². The van der Waals surface area contributed by atoms with Crippen LogP contribution in [-0.4, -0.2) is 31.1 Å². The number of oxazole rings is 1. The zero-order chi connectivity index (χ0) is 12.3. The van der Waals surface area contributed by atoms with Crippen molar-refractivity contribution in [3.63, 3.8) is 0 Å².